The molecule has 86 valence electrons. The van der Waals surface area contributed by atoms with E-state index >= 15 is 0 Å². The molecule has 0 amide bonds. The zero-order valence-electron chi connectivity index (χ0n) is 9.17. The van der Waals surface area contributed by atoms with E-state index in [4.69, 9.17) is 0 Å². The van der Waals surface area contributed by atoms with Gasteiger partial charge in [0.2, 0.25) is 0 Å². The quantitative estimate of drug-likeness (QED) is 0.788. The molecule has 0 saturated carbocycles. The molecule has 0 radical (unpaired) electrons. The molecular weight excluding hydrogens is 252 g/mol. The van der Waals surface area contributed by atoms with Gasteiger partial charge in [0.15, 0.2) is 0 Å². The Bertz CT molecular complexity index is 644. The lowest BCUT2D eigenvalue weighted by Gasteiger charge is -2.03. The zero-order valence-corrected chi connectivity index (χ0v) is 10.8. The number of thiophene rings is 1. The van der Waals surface area contributed by atoms with E-state index in [0.29, 0.717) is 6.54 Å². The number of fused-ring (bicyclic) bond motifs is 1. The molecule has 4 nitrogen and oxygen atoms in total. The summed E-state index contributed by atoms with van der Waals surface area (Å²) in [5, 5.41) is 8.46. The van der Waals surface area contributed by atoms with Crippen molar-refractivity contribution in [1.29, 1.82) is 0 Å². The van der Waals surface area contributed by atoms with Crippen molar-refractivity contribution < 1.29 is 0 Å². The van der Waals surface area contributed by atoms with E-state index < -0.39 is 0 Å². The highest BCUT2D eigenvalue weighted by Crippen LogP contribution is 2.25. The smallest absolute Gasteiger partial charge is 0.147 e. The van der Waals surface area contributed by atoms with Crippen LogP contribution in [-0.2, 0) is 6.54 Å². The van der Waals surface area contributed by atoms with E-state index in [9.17, 15) is 0 Å². The van der Waals surface area contributed by atoms with Gasteiger partial charge in [-0.15, -0.1) is 22.7 Å². The Balaban J connectivity index is 1.83. The lowest BCUT2D eigenvalue weighted by Crippen LogP contribution is -2.01. The van der Waals surface area contributed by atoms with Crippen LogP contribution in [0.5, 0.6) is 0 Å². The van der Waals surface area contributed by atoms with Crippen molar-refractivity contribution in [2.75, 3.05) is 5.32 Å². The lowest BCUT2D eigenvalue weighted by atomic mass is 10.4. The van der Waals surface area contributed by atoms with Crippen molar-refractivity contribution in [1.82, 2.24) is 15.0 Å². The van der Waals surface area contributed by atoms with Crippen LogP contribution in [0.15, 0.2) is 23.2 Å². The minimum absolute atomic E-state index is 0.711. The van der Waals surface area contributed by atoms with Crippen LogP contribution in [-0.4, -0.2) is 15.0 Å². The van der Waals surface area contributed by atoms with Crippen molar-refractivity contribution in [3.8, 4) is 0 Å². The standard InChI is InChI=1S/C11H10N4S2/c1-7-5-17-9(15-7)4-12-11-10-8(2-3-16-10)13-6-14-11/h2-3,5-6H,4H2,1H3,(H,12,13,14). The second-order valence-electron chi connectivity index (χ2n) is 3.59. The Hall–Kier alpha value is -1.53. The Morgan fingerprint density at radius 2 is 2.24 bits per heavy atom. The Morgan fingerprint density at radius 1 is 1.29 bits per heavy atom. The van der Waals surface area contributed by atoms with Gasteiger partial charge in [-0.05, 0) is 18.4 Å². The van der Waals surface area contributed by atoms with Crippen LogP contribution in [0.2, 0.25) is 0 Å². The number of aryl methyl sites for hydroxylation is 1. The predicted octanol–water partition coefficient (Wildman–Crippen LogP) is 3.07. The van der Waals surface area contributed by atoms with E-state index in [1.807, 2.05) is 18.4 Å². The third-order valence-electron chi connectivity index (χ3n) is 2.32. The van der Waals surface area contributed by atoms with E-state index in [1.54, 1.807) is 29.0 Å². The molecule has 0 saturated heterocycles. The number of anilines is 1. The summed E-state index contributed by atoms with van der Waals surface area (Å²) in [6, 6.07) is 2.00. The minimum atomic E-state index is 0.711. The van der Waals surface area contributed by atoms with Crippen LogP contribution in [0, 0.1) is 6.92 Å². The molecule has 0 bridgehead atoms. The van der Waals surface area contributed by atoms with Crippen LogP contribution >= 0.6 is 22.7 Å². The maximum Gasteiger partial charge on any atom is 0.147 e. The summed E-state index contributed by atoms with van der Waals surface area (Å²) in [6.45, 7) is 2.71. The monoisotopic (exact) mass is 262 g/mol. The first-order chi connectivity index (χ1) is 8.33. The average Bonchev–Trinajstić information content (AvgIpc) is 2.94. The van der Waals surface area contributed by atoms with Crippen molar-refractivity contribution in [2.24, 2.45) is 0 Å². The summed E-state index contributed by atoms with van der Waals surface area (Å²) in [5.41, 5.74) is 2.05. The van der Waals surface area contributed by atoms with Crippen LogP contribution in [0.1, 0.15) is 10.7 Å². The van der Waals surface area contributed by atoms with Gasteiger partial charge in [0, 0.05) is 11.1 Å². The van der Waals surface area contributed by atoms with Gasteiger partial charge in [0.25, 0.3) is 0 Å². The fourth-order valence-electron chi connectivity index (χ4n) is 1.56. The van der Waals surface area contributed by atoms with Gasteiger partial charge >= 0.3 is 0 Å². The van der Waals surface area contributed by atoms with Gasteiger partial charge in [-0.2, -0.15) is 0 Å². The summed E-state index contributed by atoms with van der Waals surface area (Å²) in [6.07, 6.45) is 1.59. The maximum absolute atomic E-state index is 4.41. The molecule has 3 heterocycles. The summed E-state index contributed by atoms with van der Waals surface area (Å²) in [5.74, 6) is 0.887. The Kier molecular flexibility index (Phi) is 2.74. The van der Waals surface area contributed by atoms with Crippen LogP contribution in [0.4, 0.5) is 5.82 Å². The molecule has 3 rings (SSSR count). The van der Waals surface area contributed by atoms with Crippen molar-refractivity contribution in [2.45, 2.75) is 13.5 Å². The number of aromatic nitrogens is 3. The van der Waals surface area contributed by atoms with Crippen molar-refractivity contribution >= 4 is 38.7 Å². The number of rotatable bonds is 3. The maximum atomic E-state index is 4.41. The first kappa shape index (κ1) is 10.6. The summed E-state index contributed by atoms with van der Waals surface area (Å²) in [7, 11) is 0. The molecule has 0 aliphatic heterocycles. The number of hydrogen-bond acceptors (Lipinski definition) is 6. The van der Waals surface area contributed by atoms with E-state index in [-0.39, 0.29) is 0 Å². The molecule has 0 aliphatic carbocycles. The van der Waals surface area contributed by atoms with E-state index in [1.165, 1.54) is 0 Å². The largest absolute Gasteiger partial charge is 0.362 e. The number of thiazole rings is 1. The average molecular weight is 262 g/mol. The molecule has 3 aromatic heterocycles. The topological polar surface area (TPSA) is 50.7 Å². The fourth-order valence-corrected chi connectivity index (χ4v) is 3.08. The molecule has 0 aromatic carbocycles. The molecule has 0 atom stereocenters. The van der Waals surface area contributed by atoms with Crippen LogP contribution < -0.4 is 5.32 Å². The Labute approximate surface area is 106 Å². The molecular formula is C11H10N4S2. The van der Waals surface area contributed by atoms with Crippen LogP contribution in [0.25, 0.3) is 10.2 Å². The highest BCUT2D eigenvalue weighted by molar-refractivity contribution is 7.17. The van der Waals surface area contributed by atoms with Gasteiger partial charge in [-0.3, -0.25) is 0 Å². The molecule has 0 spiro atoms. The summed E-state index contributed by atoms with van der Waals surface area (Å²) in [4.78, 5) is 12.9. The third-order valence-corrected chi connectivity index (χ3v) is 4.19. The molecule has 1 N–H and O–H groups in total. The third kappa shape index (κ3) is 2.13. The van der Waals surface area contributed by atoms with E-state index in [0.717, 1.165) is 26.7 Å². The highest BCUT2D eigenvalue weighted by atomic mass is 32.1. The summed E-state index contributed by atoms with van der Waals surface area (Å²) >= 11 is 3.31. The SMILES string of the molecule is Cc1csc(CNc2ncnc3ccsc23)n1. The van der Waals surface area contributed by atoms with Gasteiger partial charge in [-0.25, -0.2) is 15.0 Å². The van der Waals surface area contributed by atoms with Gasteiger partial charge in [-0.1, -0.05) is 0 Å². The predicted molar refractivity (Wildman–Crippen MR) is 71.6 cm³/mol. The fraction of sp³-hybridized carbons (Fsp3) is 0.182. The van der Waals surface area contributed by atoms with Gasteiger partial charge in [0.1, 0.15) is 17.2 Å². The Morgan fingerprint density at radius 3 is 3.06 bits per heavy atom. The zero-order chi connectivity index (χ0) is 11.7. The highest BCUT2D eigenvalue weighted by Gasteiger charge is 2.05. The second-order valence-corrected chi connectivity index (χ2v) is 5.45. The first-order valence-corrected chi connectivity index (χ1v) is 6.92. The van der Waals surface area contributed by atoms with Crippen molar-refractivity contribution in [3.05, 3.63) is 33.9 Å². The second kappa shape index (κ2) is 4.38. The summed E-state index contributed by atoms with van der Waals surface area (Å²) < 4.78 is 1.10. The number of nitrogens with one attached hydrogen (secondary N) is 1. The molecule has 6 heteroatoms. The molecule has 3 aromatic rings. The molecule has 0 aliphatic rings. The molecule has 17 heavy (non-hydrogen) atoms. The number of hydrogen-bond donors (Lipinski definition) is 1. The van der Waals surface area contributed by atoms with E-state index in [2.05, 4.69) is 25.6 Å². The van der Waals surface area contributed by atoms with Gasteiger partial charge < -0.3 is 5.32 Å². The number of nitrogens with zero attached hydrogens (tertiary/aromatic N) is 3. The first-order valence-electron chi connectivity index (χ1n) is 5.16. The lowest BCUT2D eigenvalue weighted by molar-refractivity contribution is 1.06. The van der Waals surface area contributed by atoms with Crippen molar-refractivity contribution in [3.63, 3.8) is 0 Å². The molecule has 0 unspecified atom stereocenters. The molecule has 0 fully saturated rings. The van der Waals surface area contributed by atoms with Gasteiger partial charge in [0.05, 0.1) is 16.8 Å². The van der Waals surface area contributed by atoms with Crippen LogP contribution in [0.3, 0.4) is 0 Å². The normalized spacial score (nSPS) is 10.9. The minimum Gasteiger partial charge on any atom is -0.362 e.